The highest BCUT2D eigenvalue weighted by molar-refractivity contribution is 5.98. The summed E-state index contributed by atoms with van der Waals surface area (Å²) in [5.74, 6) is -0.197. The number of halogens is 3. The number of hydrogen-bond acceptors (Lipinski definition) is 2. The Morgan fingerprint density at radius 2 is 1.70 bits per heavy atom. The molecule has 0 spiro atoms. The molecule has 1 aromatic rings. The van der Waals surface area contributed by atoms with Crippen molar-refractivity contribution >= 4 is 5.78 Å². The molecule has 0 bridgehead atoms. The van der Waals surface area contributed by atoms with Gasteiger partial charge in [-0.25, -0.2) is 0 Å². The number of rotatable bonds is 6. The highest BCUT2D eigenvalue weighted by Crippen LogP contribution is 2.21. The Morgan fingerprint density at radius 1 is 1.10 bits per heavy atom. The van der Waals surface area contributed by atoms with Crippen molar-refractivity contribution in [1.82, 2.24) is 0 Å². The molecule has 0 aliphatic carbocycles. The third-order valence-electron chi connectivity index (χ3n) is 3.12. The van der Waals surface area contributed by atoms with Gasteiger partial charge in [-0.3, -0.25) is 4.79 Å². The standard InChI is InChI=1S/C15H19F3O2/c1-10-7-12(3)13(8-11(10)2)14(19)9-20-6-4-5-15(16,17)18/h7-8H,4-6,9H2,1-3H3. The summed E-state index contributed by atoms with van der Waals surface area (Å²) in [7, 11) is 0. The fourth-order valence-electron chi connectivity index (χ4n) is 1.88. The Hall–Kier alpha value is -1.36. The first-order chi connectivity index (χ1) is 9.20. The molecule has 0 unspecified atom stereocenters. The van der Waals surface area contributed by atoms with Crippen LogP contribution in [0.5, 0.6) is 0 Å². The van der Waals surface area contributed by atoms with E-state index in [1.165, 1.54) is 0 Å². The molecule has 0 fully saturated rings. The summed E-state index contributed by atoms with van der Waals surface area (Å²) in [6, 6.07) is 3.72. The van der Waals surface area contributed by atoms with E-state index in [2.05, 4.69) is 0 Å². The van der Waals surface area contributed by atoms with E-state index in [1.54, 1.807) is 6.07 Å². The van der Waals surface area contributed by atoms with Crippen molar-refractivity contribution in [1.29, 1.82) is 0 Å². The first-order valence-corrected chi connectivity index (χ1v) is 6.46. The maximum absolute atomic E-state index is 11.9. The zero-order chi connectivity index (χ0) is 15.3. The Balaban J connectivity index is 2.46. The predicted octanol–water partition coefficient (Wildman–Crippen LogP) is 4.15. The van der Waals surface area contributed by atoms with Gasteiger partial charge in [-0.15, -0.1) is 0 Å². The Kier molecular flexibility index (Phi) is 5.74. The maximum Gasteiger partial charge on any atom is 0.389 e. The number of hydrogen-bond donors (Lipinski definition) is 0. The Bertz CT molecular complexity index is 479. The highest BCUT2D eigenvalue weighted by atomic mass is 19.4. The molecule has 0 amide bonds. The number of carbonyl (C=O) groups is 1. The topological polar surface area (TPSA) is 26.3 Å². The monoisotopic (exact) mass is 288 g/mol. The van der Waals surface area contributed by atoms with Gasteiger partial charge in [0.1, 0.15) is 6.61 Å². The molecule has 1 aromatic carbocycles. The van der Waals surface area contributed by atoms with Gasteiger partial charge in [-0.05, 0) is 49.9 Å². The molecule has 0 heterocycles. The summed E-state index contributed by atoms with van der Waals surface area (Å²) in [4.78, 5) is 11.9. The van der Waals surface area contributed by atoms with Crippen LogP contribution in [0.2, 0.25) is 0 Å². The van der Waals surface area contributed by atoms with E-state index in [0.29, 0.717) is 5.56 Å². The fraction of sp³-hybridized carbons (Fsp3) is 0.533. The summed E-state index contributed by atoms with van der Waals surface area (Å²) >= 11 is 0. The van der Waals surface area contributed by atoms with Gasteiger partial charge in [0.2, 0.25) is 0 Å². The first-order valence-electron chi connectivity index (χ1n) is 6.46. The normalized spacial score (nSPS) is 11.7. The summed E-state index contributed by atoms with van der Waals surface area (Å²) in [6.07, 6.45) is -5.18. The van der Waals surface area contributed by atoms with Crippen LogP contribution in [-0.4, -0.2) is 25.2 Å². The van der Waals surface area contributed by atoms with E-state index in [0.717, 1.165) is 16.7 Å². The van der Waals surface area contributed by atoms with Crippen LogP contribution < -0.4 is 0 Å². The predicted molar refractivity (Wildman–Crippen MR) is 71.1 cm³/mol. The molecule has 0 aromatic heterocycles. The van der Waals surface area contributed by atoms with Crippen LogP contribution in [-0.2, 0) is 4.74 Å². The van der Waals surface area contributed by atoms with E-state index in [9.17, 15) is 18.0 Å². The third kappa shape index (κ3) is 5.33. The van der Waals surface area contributed by atoms with E-state index in [-0.39, 0.29) is 25.4 Å². The molecular weight excluding hydrogens is 269 g/mol. The second kappa shape index (κ2) is 6.88. The Morgan fingerprint density at radius 3 is 2.30 bits per heavy atom. The van der Waals surface area contributed by atoms with Gasteiger partial charge in [-0.1, -0.05) is 6.07 Å². The van der Waals surface area contributed by atoms with Gasteiger partial charge in [0.15, 0.2) is 5.78 Å². The van der Waals surface area contributed by atoms with Gasteiger partial charge in [0, 0.05) is 18.6 Å². The van der Waals surface area contributed by atoms with Crippen molar-refractivity contribution < 1.29 is 22.7 Å². The van der Waals surface area contributed by atoms with Crippen LogP contribution in [0.4, 0.5) is 13.2 Å². The second-order valence-electron chi connectivity index (χ2n) is 4.95. The van der Waals surface area contributed by atoms with Crippen molar-refractivity contribution in [2.24, 2.45) is 0 Å². The molecule has 20 heavy (non-hydrogen) atoms. The lowest BCUT2D eigenvalue weighted by Crippen LogP contribution is -2.14. The van der Waals surface area contributed by atoms with E-state index < -0.39 is 12.6 Å². The maximum atomic E-state index is 11.9. The number of Topliss-reactive ketones (excluding diaryl/α,β-unsaturated/α-hetero) is 1. The fourth-order valence-corrected chi connectivity index (χ4v) is 1.88. The number of ether oxygens (including phenoxy) is 1. The minimum atomic E-state index is -4.17. The molecule has 0 aliphatic rings. The van der Waals surface area contributed by atoms with Crippen LogP contribution >= 0.6 is 0 Å². The number of carbonyl (C=O) groups excluding carboxylic acids is 1. The molecule has 5 heteroatoms. The van der Waals surface area contributed by atoms with Crippen molar-refractivity contribution in [2.45, 2.75) is 39.8 Å². The molecular formula is C15H19F3O2. The molecule has 112 valence electrons. The van der Waals surface area contributed by atoms with Crippen LogP contribution in [0.1, 0.15) is 39.9 Å². The largest absolute Gasteiger partial charge is 0.389 e. The van der Waals surface area contributed by atoms with Gasteiger partial charge in [0.25, 0.3) is 0 Å². The van der Waals surface area contributed by atoms with Crippen LogP contribution in [0.15, 0.2) is 12.1 Å². The van der Waals surface area contributed by atoms with Crippen molar-refractivity contribution in [3.63, 3.8) is 0 Å². The van der Waals surface area contributed by atoms with Crippen molar-refractivity contribution in [3.8, 4) is 0 Å². The van der Waals surface area contributed by atoms with Crippen LogP contribution in [0, 0.1) is 20.8 Å². The minimum absolute atomic E-state index is 0.0604. The summed E-state index contributed by atoms with van der Waals surface area (Å²) in [6.45, 7) is 5.47. The second-order valence-corrected chi connectivity index (χ2v) is 4.95. The van der Waals surface area contributed by atoms with E-state index in [4.69, 9.17) is 4.74 Å². The number of aryl methyl sites for hydroxylation is 3. The average Bonchev–Trinajstić information content (AvgIpc) is 2.31. The molecule has 0 saturated carbocycles. The highest BCUT2D eigenvalue weighted by Gasteiger charge is 2.26. The molecule has 0 atom stereocenters. The average molecular weight is 288 g/mol. The minimum Gasteiger partial charge on any atom is -0.373 e. The zero-order valence-corrected chi connectivity index (χ0v) is 11.9. The lowest BCUT2D eigenvalue weighted by molar-refractivity contribution is -0.137. The lowest BCUT2D eigenvalue weighted by Gasteiger charge is -2.10. The molecule has 2 nitrogen and oxygen atoms in total. The number of benzene rings is 1. The van der Waals surface area contributed by atoms with Crippen molar-refractivity contribution in [3.05, 3.63) is 34.4 Å². The molecule has 0 radical (unpaired) electrons. The smallest absolute Gasteiger partial charge is 0.373 e. The number of ketones is 1. The van der Waals surface area contributed by atoms with E-state index in [1.807, 2.05) is 26.8 Å². The molecule has 1 rings (SSSR count). The van der Waals surface area contributed by atoms with Gasteiger partial charge in [0.05, 0.1) is 0 Å². The zero-order valence-electron chi connectivity index (χ0n) is 11.9. The molecule has 0 N–H and O–H groups in total. The van der Waals surface area contributed by atoms with Gasteiger partial charge >= 0.3 is 6.18 Å². The third-order valence-corrected chi connectivity index (χ3v) is 3.12. The summed E-state index contributed by atoms with van der Waals surface area (Å²) in [5.41, 5.74) is 3.54. The Labute approximate surface area is 116 Å². The quantitative estimate of drug-likeness (QED) is 0.580. The van der Waals surface area contributed by atoms with Gasteiger partial charge in [-0.2, -0.15) is 13.2 Å². The summed E-state index contributed by atoms with van der Waals surface area (Å²) < 4.78 is 40.8. The SMILES string of the molecule is Cc1cc(C)c(C(=O)COCCCC(F)(F)F)cc1C. The first kappa shape index (κ1) is 16.7. The number of alkyl halides is 3. The molecule has 0 aliphatic heterocycles. The van der Waals surface area contributed by atoms with Crippen LogP contribution in [0.25, 0.3) is 0 Å². The van der Waals surface area contributed by atoms with Crippen LogP contribution in [0.3, 0.4) is 0 Å². The molecule has 0 saturated heterocycles. The lowest BCUT2D eigenvalue weighted by atomic mass is 9.98. The summed E-state index contributed by atoms with van der Waals surface area (Å²) in [5, 5.41) is 0. The van der Waals surface area contributed by atoms with E-state index >= 15 is 0 Å². The van der Waals surface area contributed by atoms with Gasteiger partial charge < -0.3 is 4.74 Å². The van der Waals surface area contributed by atoms with Crippen molar-refractivity contribution in [2.75, 3.05) is 13.2 Å².